The van der Waals surface area contributed by atoms with E-state index in [1.165, 1.54) is 13.1 Å². The number of aromatic nitrogens is 2. The van der Waals surface area contributed by atoms with Crippen molar-refractivity contribution in [3.63, 3.8) is 0 Å². The summed E-state index contributed by atoms with van der Waals surface area (Å²) >= 11 is 0. The lowest BCUT2D eigenvalue weighted by molar-refractivity contribution is -0.120. The number of imidazole rings is 1. The van der Waals surface area contributed by atoms with Crippen LogP contribution in [0.5, 0.6) is 0 Å². The maximum Gasteiger partial charge on any atom is 0.357 e. The molecule has 1 heterocycles. The minimum atomic E-state index is -0.541. The summed E-state index contributed by atoms with van der Waals surface area (Å²) in [7, 11) is 0. The minimum absolute atomic E-state index is 0.0430. The predicted octanol–water partition coefficient (Wildman–Crippen LogP) is 2.24. The van der Waals surface area contributed by atoms with Gasteiger partial charge in [0.25, 0.3) is 0 Å². The van der Waals surface area contributed by atoms with Crippen molar-refractivity contribution in [3.8, 4) is 0 Å². The Morgan fingerprint density at radius 1 is 1.30 bits per heavy atom. The van der Waals surface area contributed by atoms with Crippen LogP contribution in [0.25, 0.3) is 0 Å². The molecule has 5 nitrogen and oxygen atoms in total. The van der Waals surface area contributed by atoms with Crippen LogP contribution in [0.15, 0.2) is 42.9 Å². The van der Waals surface area contributed by atoms with Crippen LogP contribution >= 0.6 is 0 Å². The second-order valence-electron chi connectivity index (χ2n) is 4.55. The van der Waals surface area contributed by atoms with Crippen molar-refractivity contribution in [2.75, 3.05) is 6.61 Å². The number of ketones is 1. The van der Waals surface area contributed by atoms with Crippen molar-refractivity contribution >= 4 is 11.8 Å². The number of benzene rings is 1. The molecule has 0 bridgehead atoms. The van der Waals surface area contributed by atoms with Gasteiger partial charge in [0.1, 0.15) is 12.3 Å². The molecular weight excluding hydrogens is 256 g/mol. The summed E-state index contributed by atoms with van der Waals surface area (Å²) in [6.45, 7) is 3.12. The second-order valence-corrected chi connectivity index (χ2v) is 4.55. The maximum atomic E-state index is 11.9. The van der Waals surface area contributed by atoms with E-state index in [4.69, 9.17) is 4.74 Å². The van der Waals surface area contributed by atoms with E-state index in [1.807, 2.05) is 37.3 Å². The number of carbonyl (C=O) groups is 2. The van der Waals surface area contributed by atoms with Gasteiger partial charge in [-0.1, -0.05) is 30.3 Å². The highest BCUT2D eigenvalue weighted by Gasteiger charge is 2.18. The molecule has 20 heavy (non-hydrogen) atoms. The average molecular weight is 272 g/mol. The van der Waals surface area contributed by atoms with Crippen molar-refractivity contribution in [1.82, 2.24) is 9.55 Å². The highest BCUT2D eigenvalue weighted by molar-refractivity contribution is 5.89. The van der Waals surface area contributed by atoms with Gasteiger partial charge in [0.05, 0.1) is 18.6 Å². The largest absolute Gasteiger partial charge is 0.453 e. The molecule has 0 saturated carbocycles. The van der Waals surface area contributed by atoms with Crippen molar-refractivity contribution < 1.29 is 14.3 Å². The number of esters is 1. The summed E-state index contributed by atoms with van der Waals surface area (Å²) in [5, 5.41) is 0. The molecule has 1 atom stereocenters. The zero-order chi connectivity index (χ0) is 14.5. The highest BCUT2D eigenvalue weighted by Crippen LogP contribution is 2.19. The number of nitrogens with zero attached hydrogens (tertiary/aromatic N) is 2. The number of ether oxygens (including phenoxy) is 1. The van der Waals surface area contributed by atoms with E-state index in [1.54, 1.807) is 10.9 Å². The van der Waals surface area contributed by atoms with E-state index < -0.39 is 5.97 Å². The van der Waals surface area contributed by atoms with Gasteiger partial charge in [-0.2, -0.15) is 0 Å². The van der Waals surface area contributed by atoms with Gasteiger partial charge >= 0.3 is 5.97 Å². The maximum absolute atomic E-state index is 11.9. The fraction of sp³-hybridized carbons (Fsp3) is 0.267. The molecule has 1 aromatic heterocycles. The zero-order valence-corrected chi connectivity index (χ0v) is 11.4. The Bertz CT molecular complexity index is 605. The normalized spacial score (nSPS) is 11.9. The molecule has 0 aliphatic carbocycles. The van der Waals surface area contributed by atoms with Crippen LogP contribution in [-0.2, 0) is 9.53 Å². The predicted molar refractivity (Wildman–Crippen MR) is 73.4 cm³/mol. The summed E-state index contributed by atoms with van der Waals surface area (Å²) in [6.07, 6.45) is 3.03. The first-order chi connectivity index (χ1) is 9.59. The van der Waals surface area contributed by atoms with Crippen molar-refractivity contribution in [2.24, 2.45) is 0 Å². The number of Topliss-reactive ketones (excluding diaryl/α,β-unsaturated/α-hetero) is 1. The lowest BCUT2D eigenvalue weighted by Gasteiger charge is -2.16. The Hall–Kier alpha value is -2.43. The minimum Gasteiger partial charge on any atom is -0.453 e. The van der Waals surface area contributed by atoms with Gasteiger partial charge in [0, 0.05) is 0 Å². The topological polar surface area (TPSA) is 61.2 Å². The molecule has 104 valence electrons. The van der Waals surface area contributed by atoms with Crippen LogP contribution in [0.2, 0.25) is 0 Å². The molecular formula is C15H16N2O3. The van der Waals surface area contributed by atoms with Crippen LogP contribution in [0.3, 0.4) is 0 Å². The van der Waals surface area contributed by atoms with E-state index >= 15 is 0 Å². The van der Waals surface area contributed by atoms with Gasteiger partial charge < -0.3 is 9.30 Å². The smallest absolute Gasteiger partial charge is 0.357 e. The molecule has 2 aromatic rings. The van der Waals surface area contributed by atoms with Gasteiger partial charge in [-0.05, 0) is 19.4 Å². The highest BCUT2D eigenvalue weighted by atomic mass is 16.5. The van der Waals surface area contributed by atoms with Crippen LogP contribution in [-0.4, -0.2) is 27.9 Å². The summed E-state index contributed by atoms with van der Waals surface area (Å²) in [5.74, 6) is -0.735. The fourth-order valence-corrected chi connectivity index (χ4v) is 1.90. The molecule has 2 rings (SSSR count). The first kappa shape index (κ1) is 14.0. The average Bonchev–Trinajstić information content (AvgIpc) is 2.94. The Balaban J connectivity index is 2.20. The standard InChI is InChI=1S/C15H16N2O3/c1-11(18)9-20-15(19)14-8-16-10-17(14)12(2)13-6-4-3-5-7-13/h3-8,10,12H,9H2,1-2H3. The lowest BCUT2D eigenvalue weighted by Crippen LogP contribution is -2.17. The summed E-state index contributed by atoms with van der Waals surface area (Å²) in [4.78, 5) is 26.8. The van der Waals surface area contributed by atoms with Crippen molar-refractivity contribution in [2.45, 2.75) is 19.9 Å². The van der Waals surface area contributed by atoms with Gasteiger partial charge in [0.2, 0.25) is 0 Å². The van der Waals surface area contributed by atoms with Crippen molar-refractivity contribution in [3.05, 3.63) is 54.1 Å². The number of carbonyl (C=O) groups excluding carboxylic acids is 2. The Morgan fingerprint density at radius 2 is 2.00 bits per heavy atom. The molecule has 0 aliphatic rings. The molecule has 0 radical (unpaired) electrons. The third-order valence-corrected chi connectivity index (χ3v) is 2.98. The van der Waals surface area contributed by atoms with Crippen LogP contribution in [0, 0.1) is 0 Å². The molecule has 0 saturated heterocycles. The molecule has 0 aliphatic heterocycles. The summed E-state index contributed by atoms with van der Waals surface area (Å²) in [6, 6.07) is 9.74. The Morgan fingerprint density at radius 3 is 2.65 bits per heavy atom. The summed E-state index contributed by atoms with van der Waals surface area (Å²) in [5.41, 5.74) is 1.40. The fourth-order valence-electron chi connectivity index (χ4n) is 1.90. The number of hydrogen-bond donors (Lipinski definition) is 0. The van der Waals surface area contributed by atoms with E-state index in [0.717, 1.165) is 5.56 Å². The SMILES string of the molecule is CC(=O)COC(=O)c1cncn1C(C)c1ccccc1. The van der Waals surface area contributed by atoms with Gasteiger partial charge in [-0.3, -0.25) is 4.79 Å². The third kappa shape index (κ3) is 3.12. The van der Waals surface area contributed by atoms with Gasteiger partial charge in [0.15, 0.2) is 5.78 Å². The van der Waals surface area contributed by atoms with Gasteiger partial charge in [-0.25, -0.2) is 9.78 Å². The van der Waals surface area contributed by atoms with Gasteiger partial charge in [-0.15, -0.1) is 0 Å². The number of hydrogen-bond acceptors (Lipinski definition) is 4. The molecule has 1 aromatic carbocycles. The molecule has 0 N–H and O–H groups in total. The molecule has 0 amide bonds. The molecule has 0 spiro atoms. The third-order valence-electron chi connectivity index (χ3n) is 2.98. The number of rotatable bonds is 5. The zero-order valence-electron chi connectivity index (χ0n) is 11.4. The summed E-state index contributed by atoms with van der Waals surface area (Å²) < 4.78 is 6.66. The first-order valence-corrected chi connectivity index (χ1v) is 6.33. The van der Waals surface area contributed by atoms with E-state index in [2.05, 4.69) is 4.98 Å². The van der Waals surface area contributed by atoms with E-state index in [0.29, 0.717) is 5.69 Å². The molecule has 0 fully saturated rings. The second kappa shape index (κ2) is 6.14. The first-order valence-electron chi connectivity index (χ1n) is 6.33. The van der Waals surface area contributed by atoms with E-state index in [-0.39, 0.29) is 18.4 Å². The monoisotopic (exact) mass is 272 g/mol. The molecule has 1 unspecified atom stereocenters. The van der Waals surface area contributed by atoms with Crippen LogP contribution in [0.4, 0.5) is 0 Å². The quantitative estimate of drug-likeness (QED) is 0.783. The van der Waals surface area contributed by atoms with Crippen LogP contribution < -0.4 is 0 Å². The molecule has 5 heteroatoms. The van der Waals surface area contributed by atoms with Crippen molar-refractivity contribution in [1.29, 1.82) is 0 Å². The lowest BCUT2D eigenvalue weighted by atomic mass is 10.1. The Kier molecular flexibility index (Phi) is 4.30. The van der Waals surface area contributed by atoms with E-state index in [9.17, 15) is 9.59 Å². The Labute approximate surface area is 117 Å². The van der Waals surface area contributed by atoms with Crippen LogP contribution in [0.1, 0.15) is 35.9 Å².